The number of benzene rings is 3. The standard InChI is InChI=1S/C27H21Cl3N2O4/c1-36-14-24(34)32-22-12-19(30)9-10-20(22)27(26(32)35)21(15-5-7-17(28)8-6-15)13-23(33)31-25(27)16-3-2-4-18(29)11-16/h2-12,21,25H,13-14H2,1H3,(H,31,33)/t21-,25+,27-/m1/s1. The summed E-state index contributed by atoms with van der Waals surface area (Å²) < 4.78 is 5.08. The molecule has 2 aliphatic heterocycles. The fraction of sp³-hybridized carbons (Fsp3) is 0.222. The molecule has 0 radical (unpaired) electrons. The van der Waals surface area contributed by atoms with Crippen LogP contribution in [0.5, 0.6) is 0 Å². The molecule has 0 unspecified atom stereocenters. The molecule has 0 aliphatic carbocycles. The number of nitrogens with one attached hydrogen (secondary N) is 1. The van der Waals surface area contributed by atoms with Gasteiger partial charge < -0.3 is 10.1 Å². The Labute approximate surface area is 223 Å². The molecule has 3 aromatic carbocycles. The van der Waals surface area contributed by atoms with E-state index in [0.29, 0.717) is 31.9 Å². The van der Waals surface area contributed by atoms with Crippen molar-refractivity contribution in [2.24, 2.45) is 0 Å². The number of carbonyl (C=O) groups excluding carboxylic acids is 3. The van der Waals surface area contributed by atoms with Crippen molar-refractivity contribution in [3.05, 3.63) is 98.5 Å². The molecular weight excluding hydrogens is 523 g/mol. The van der Waals surface area contributed by atoms with Gasteiger partial charge in [-0.3, -0.25) is 14.4 Å². The Bertz CT molecular complexity index is 1380. The van der Waals surface area contributed by atoms with E-state index in [9.17, 15) is 14.4 Å². The van der Waals surface area contributed by atoms with Crippen LogP contribution in [0.2, 0.25) is 15.1 Å². The highest BCUT2D eigenvalue weighted by atomic mass is 35.5. The van der Waals surface area contributed by atoms with E-state index in [2.05, 4.69) is 5.32 Å². The van der Waals surface area contributed by atoms with Crippen molar-refractivity contribution in [1.29, 1.82) is 0 Å². The highest BCUT2D eigenvalue weighted by Gasteiger charge is 2.64. The van der Waals surface area contributed by atoms with Crippen molar-refractivity contribution in [3.8, 4) is 0 Å². The average Bonchev–Trinajstić information content (AvgIpc) is 3.09. The number of halogens is 3. The van der Waals surface area contributed by atoms with Gasteiger partial charge in [0.15, 0.2) is 0 Å². The molecule has 184 valence electrons. The second-order valence-electron chi connectivity index (χ2n) is 8.86. The van der Waals surface area contributed by atoms with Crippen molar-refractivity contribution in [2.75, 3.05) is 18.6 Å². The summed E-state index contributed by atoms with van der Waals surface area (Å²) in [5.41, 5.74) is 0.986. The summed E-state index contributed by atoms with van der Waals surface area (Å²) in [4.78, 5) is 42.0. The Balaban J connectivity index is 1.83. The van der Waals surface area contributed by atoms with Crippen molar-refractivity contribution >= 4 is 58.2 Å². The maximum Gasteiger partial charge on any atom is 0.259 e. The van der Waals surface area contributed by atoms with Gasteiger partial charge in [0.1, 0.15) is 12.0 Å². The summed E-state index contributed by atoms with van der Waals surface area (Å²) in [5.74, 6) is -1.83. The molecule has 3 aromatic rings. The third kappa shape index (κ3) is 3.89. The Morgan fingerprint density at radius 3 is 2.36 bits per heavy atom. The van der Waals surface area contributed by atoms with E-state index in [1.165, 1.54) is 7.11 Å². The summed E-state index contributed by atoms with van der Waals surface area (Å²) in [5, 5.41) is 4.39. The first kappa shape index (κ1) is 24.8. The van der Waals surface area contributed by atoms with Gasteiger partial charge in [0.2, 0.25) is 11.8 Å². The van der Waals surface area contributed by atoms with Crippen molar-refractivity contribution < 1.29 is 19.1 Å². The van der Waals surface area contributed by atoms with E-state index < -0.39 is 29.2 Å². The van der Waals surface area contributed by atoms with Gasteiger partial charge in [0.25, 0.3) is 5.91 Å². The molecule has 0 aromatic heterocycles. The molecule has 1 N–H and O–H groups in total. The predicted molar refractivity (Wildman–Crippen MR) is 139 cm³/mol. The van der Waals surface area contributed by atoms with Gasteiger partial charge in [-0.2, -0.15) is 0 Å². The molecule has 5 rings (SSSR count). The average molecular weight is 544 g/mol. The van der Waals surface area contributed by atoms with Gasteiger partial charge in [-0.05, 0) is 53.1 Å². The highest BCUT2D eigenvalue weighted by Crippen LogP contribution is 2.59. The molecule has 9 heteroatoms. The number of ether oxygens (including phenoxy) is 1. The Morgan fingerprint density at radius 2 is 1.67 bits per heavy atom. The number of amides is 3. The van der Waals surface area contributed by atoms with Gasteiger partial charge in [-0.15, -0.1) is 0 Å². The molecule has 2 heterocycles. The van der Waals surface area contributed by atoms with Crippen LogP contribution in [0.15, 0.2) is 66.7 Å². The van der Waals surface area contributed by atoms with E-state index in [-0.39, 0.29) is 18.9 Å². The number of piperidine rings is 1. The number of anilines is 1. The number of imide groups is 1. The van der Waals surface area contributed by atoms with Crippen LogP contribution >= 0.6 is 34.8 Å². The lowest BCUT2D eigenvalue weighted by Crippen LogP contribution is -2.59. The summed E-state index contributed by atoms with van der Waals surface area (Å²) >= 11 is 18.8. The van der Waals surface area contributed by atoms with Crippen LogP contribution in [0.25, 0.3) is 0 Å². The summed E-state index contributed by atoms with van der Waals surface area (Å²) in [6, 6.07) is 18.3. The topological polar surface area (TPSA) is 75.7 Å². The number of methoxy groups -OCH3 is 1. The molecule has 1 saturated heterocycles. The predicted octanol–water partition coefficient (Wildman–Crippen LogP) is 5.45. The minimum absolute atomic E-state index is 0.0266. The van der Waals surface area contributed by atoms with E-state index >= 15 is 0 Å². The summed E-state index contributed by atoms with van der Waals surface area (Å²) in [6.45, 7) is -0.298. The fourth-order valence-corrected chi connectivity index (χ4v) is 5.98. The molecule has 0 saturated carbocycles. The molecule has 0 bridgehead atoms. The quantitative estimate of drug-likeness (QED) is 0.475. The largest absolute Gasteiger partial charge is 0.375 e. The maximum atomic E-state index is 14.6. The minimum Gasteiger partial charge on any atom is -0.375 e. The first-order chi connectivity index (χ1) is 17.3. The first-order valence-electron chi connectivity index (χ1n) is 11.2. The van der Waals surface area contributed by atoms with Crippen molar-refractivity contribution in [3.63, 3.8) is 0 Å². The summed E-state index contributed by atoms with van der Waals surface area (Å²) in [6.07, 6.45) is 0.0266. The van der Waals surface area contributed by atoms with E-state index in [0.717, 1.165) is 10.5 Å². The zero-order valence-corrected chi connectivity index (χ0v) is 21.4. The molecule has 1 spiro atoms. The van der Waals surface area contributed by atoms with Crippen LogP contribution in [0.4, 0.5) is 5.69 Å². The maximum absolute atomic E-state index is 14.6. The molecule has 2 aliphatic rings. The van der Waals surface area contributed by atoms with Crippen molar-refractivity contribution in [1.82, 2.24) is 5.32 Å². The molecule has 36 heavy (non-hydrogen) atoms. The Hall–Kier alpha value is -2.90. The van der Waals surface area contributed by atoms with Crippen LogP contribution in [0.1, 0.15) is 35.1 Å². The molecule has 1 fully saturated rings. The number of nitrogens with zero attached hydrogens (tertiary/aromatic N) is 1. The lowest BCUT2D eigenvalue weighted by Gasteiger charge is -2.46. The fourth-order valence-electron chi connectivity index (χ4n) is 5.49. The summed E-state index contributed by atoms with van der Waals surface area (Å²) in [7, 11) is 1.39. The van der Waals surface area contributed by atoms with Gasteiger partial charge in [0.05, 0.1) is 11.7 Å². The lowest BCUT2D eigenvalue weighted by atomic mass is 9.59. The number of hydrogen-bond acceptors (Lipinski definition) is 4. The van der Waals surface area contributed by atoms with Crippen LogP contribution in [0, 0.1) is 0 Å². The van der Waals surface area contributed by atoms with Crippen LogP contribution in [-0.2, 0) is 24.5 Å². The second-order valence-corrected chi connectivity index (χ2v) is 10.2. The second kappa shape index (κ2) is 9.52. The SMILES string of the molecule is COCC(=O)N1C(=O)[C@]2(c3ccc(Cl)cc31)[C@@H](c1ccc(Cl)cc1)CC(=O)N[C@H]2c1cccc(Cl)c1. The van der Waals surface area contributed by atoms with Crippen LogP contribution < -0.4 is 10.2 Å². The lowest BCUT2D eigenvalue weighted by molar-refractivity contribution is -0.135. The van der Waals surface area contributed by atoms with Gasteiger partial charge in [-0.1, -0.05) is 65.1 Å². The van der Waals surface area contributed by atoms with Crippen LogP contribution in [0.3, 0.4) is 0 Å². The number of hydrogen-bond donors (Lipinski definition) is 1. The van der Waals surface area contributed by atoms with Crippen molar-refractivity contribution in [2.45, 2.75) is 23.8 Å². The molecular formula is C27H21Cl3N2O4. The minimum atomic E-state index is -1.37. The monoisotopic (exact) mass is 542 g/mol. The van der Waals surface area contributed by atoms with E-state index in [1.807, 2.05) is 18.2 Å². The van der Waals surface area contributed by atoms with Gasteiger partial charge in [0, 0.05) is 34.5 Å². The Morgan fingerprint density at radius 1 is 0.972 bits per heavy atom. The van der Waals surface area contributed by atoms with E-state index in [1.54, 1.807) is 48.5 Å². The number of carbonyl (C=O) groups is 3. The molecule has 6 nitrogen and oxygen atoms in total. The zero-order chi connectivity index (χ0) is 25.6. The smallest absolute Gasteiger partial charge is 0.259 e. The van der Waals surface area contributed by atoms with Gasteiger partial charge >= 0.3 is 0 Å². The third-order valence-electron chi connectivity index (χ3n) is 6.87. The highest BCUT2D eigenvalue weighted by molar-refractivity contribution is 6.32. The first-order valence-corrected chi connectivity index (χ1v) is 12.4. The van der Waals surface area contributed by atoms with Crippen LogP contribution in [-0.4, -0.2) is 31.4 Å². The normalized spacial score (nSPS) is 23.1. The third-order valence-corrected chi connectivity index (χ3v) is 7.60. The molecule has 3 atom stereocenters. The Kier molecular flexibility index (Phi) is 6.55. The zero-order valence-electron chi connectivity index (χ0n) is 19.1. The molecule has 3 amide bonds. The van der Waals surface area contributed by atoms with Gasteiger partial charge in [-0.25, -0.2) is 4.90 Å². The number of rotatable bonds is 4. The van der Waals surface area contributed by atoms with E-state index in [4.69, 9.17) is 39.5 Å². The number of fused-ring (bicyclic) bond motifs is 2.